The number of rotatable bonds is 41. The molecule has 2 unspecified atom stereocenters. The summed E-state index contributed by atoms with van der Waals surface area (Å²) in [6.07, 6.45) is 36.9. The van der Waals surface area contributed by atoms with E-state index in [1.165, 1.54) is 148 Å². The van der Waals surface area contributed by atoms with Crippen molar-refractivity contribution in [2.45, 2.75) is 231 Å². The van der Waals surface area contributed by atoms with Crippen LogP contribution in [0.3, 0.4) is 0 Å². The number of nitrogens with zero attached hydrogens (tertiary/aromatic N) is 1. The topological polar surface area (TPSA) is 102 Å². The number of carbonyl (C=O) groups is 3. The quantitative estimate of drug-likeness (QED) is 0.0348. The van der Waals surface area contributed by atoms with E-state index in [1.54, 1.807) is 21.1 Å². The van der Waals surface area contributed by atoms with Gasteiger partial charge in [-0.2, -0.15) is 0 Å². The van der Waals surface area contributed by atoms with Gasteiger partial charge in [-0.05, 0) is 12.8 Å². The van der Waals surface area contributed by atoms with Crippen LogP contribution in [0.25, 0.3) is 0 Å². The number of ether oxygens (including phenoxy) is 3. The largest absolute Gasteiger partial charge is 0.544 e. The highest BCUT2D eigenvalue weighted by molar-refractivity contribution is 5.70. The van der Waals surface area contributed by atoms with Crippen LogP contribution >= 0.6 is 0 Å². The summed E-state index contributed by atoms with van der Waals surface area (Å²) in [7, 11) is 5.42. The predicted molar refractivity (Wildman–Crippen MR) is 218 cm³/mol. The van der Waals surface area contributed by atoms with Crippen LogP contribution in [0.4, 0.5) is 0 Å². The van der Waals surface area contributed by atoms with E-state index >= 15 is 0 Å². The Kier molecular flexibility index (Phi) is 36.1. The Morgan fingerprint density at radius 1 is 0.491 bits per heavy atom. The third-order valence-corrected chi connectivity index (χ3v) is 10.5. The molecule has 0 bridgehead atoms. The maximum absolute atomic E-state index is 12.7. The van der Waals surface area contributed by atoms with Gasteiger partial charge >= 0.3 is 11.9 Å². The molecule has 0 amide bonds. The molecule has 0 aromatic carbocycles. The lowest BCUT2D eigenvalue weighted by Crippen LogP contribution is -2.55. The average molecular weight is 754 g/mol. The van der Waals surface area contributed by atoms with Crippen molar-refractivity contribution >= 4 is 17.9 Å². The number of quaternary nitrogens is 1. The molecular weight excluding hydrogens is 666 g/mol. The van der Waals surface area contributed by atoms with E-state index in [-0.39, 0.29) is 42.7 Å². The molecule has 0 spiro atoms. The van der Waals surface area contributed by atoms with Gasteiger partial charge < -0.3 is 28.6 Å². The first-order valence-electron chi connectivity index (χ1n) is 22.6. The number of hydrogen-bond acceptors (Lipinski definition) is 7. The van der Waals surface area contributed by atoms with E-state index in [0.29, 0.717) is 12.8 Å². The highest BCUT2D eigenvalue weighted by Gasteiger charge is 2.25. The van der Waals surface area contributed by atoms with Crippen molar-refractivity contribution in [2.24, 2.45) is 0 Å². The summed E-state index contributed by atoms with van der Waals surface area (Å²) in [6, 6.07) is -0.718. The maximum Gasteiger partial charge on any atom is 0.306 e. The number of unbranched alkanes of at least 4 members (excludes halogenated alkanes) is 27. The fourth-order valence-corrected chi connectivity index (χ4v) is 6.95. The molecule has 53 heavy (non-hydrogen) atoms. The van der Waals surface area contributed by atoms with Crippen molar-refractivity contribution in [2.75, 3.05) is 41.0 Å². The Morgan fingerprint density at radius 2 is 0.830 bits per heavy atom. The van der Waals surface area contributed by atoms with Crippen LogP contribution in [0.2, 0.25) is 0 Å². The van der Waals surface area contributed by atoms with Gasteiger partial charge in [-0.25, -0.2) is 0 Å². The summed E-state index contributed by atoms with van der Waals surface area (Å²) in [4.78, 5) is 36.8. The zero-order valence-corrected chi connectivity index (χ0v) is 35.7. The standard InChI is InChI=1S/C45H87NO7/c1-6-8-10-12-14-16-18-20-22-24-26-28-30-32-34-36-44(48)53-41(39-51-38-37-42(45(49)50)46(3,4)5)40-52-43(47)35-33-31-29-27-25-23-21-19-17-15-13-11-9-7-2/h41-42H,6-40H2,1-5H3. The number of carbonyl (C=O) groups excluding carboxylic acids is 3. The Bertz CT molecular complexity index is 843. The molecule has 314 valence electrons. The molecule has 0 saturated carbocycles. The molecule has 0 N–H and O–H groups in total. The molecule has 0 aliphatic rings. The summed E-state index contributed by atoms with van der Waals surface area (Å²) >= 11 is 0. The number of esters is 2. The average Bonchev–Trinajstić information content (AvgIpc) is 3.11. The molecule has 8 heteroatoms. The van der Waals surface area contributed by atoms with Crippen LogP contribution in [-0.4, -0.2) is 75.5 Å². The first-order valence-corrected chi connectivity index (χ1v) is 22.6. The number of hydrogen-bond donors (Lipinski definition) is 0. The highest BCUT2D eigenvalue weighted by Crippen LogP contribution is 2.16. The number of likely N-dealkylation sites (N-methyl/N-ethyl adjacent to an activating group) is 1. The minimum atomic E-state index is -1.12. The van der Waals surface area contributed by atoms with Gasteiger partial charge in [-0.1, -0.05) is 187 Å². The number of carboxylic acids is 1. The SMILES string of the molecule is CCCCCCCCCCCCCCCCCC(=O)OC(COCCC(C(=O)[O-])[N+](C)(C)C)COC(=O)CCCCCCCCCCCCCCCC. The van der Waals surface area contributed by atoms with Gasteiger partial charge in [0.1, 0.15) is 12.6 Å². The minimum Gasteiger partial charge on any atom is -0.544 e. The molecule has 0 saturated heterocycles. The Labute approximate surface area is 327 Å². The van der Waals surface area contributed by atoms with Crippen LogP contribution in [0.1, 0.15) is 219 Å². The lowest BCUT2D eigenvalue weighted by atomic mass is 10.0. The van der Waals surface area contributed by atoms with Crippen molar-refractivity contribution in [3.05, 3.63) is 0 Å². The van der Waals surface area contributed by atoms with Gasteiger partial charge in [0.05, 0.1) is 40.3 Å². The first-order chi connectivity index (χ1) is 25.6. The molecular formula is C45H87NO7. The van der Waals surface area contributed by atoms with Gasteiger partial charge in [-0.15, -0.1) is 0 Å². The van der Waals surface area contributed by atoms with E-state index in [2.05, 4.69) is 13.8 Å². The van der Waals surface area contributed by atoms with Gasteiger partial charge in [0, 0.05) is 19.3 Å². The van der Waals surface area contributed by atoms with Gasteiger partial charge in [-0.3, -0.25) is 9.59 Å². The molecule has 8 nitrogen and oxygen atoms in total. The molecule has 0 rings (SSSR count). The second-order valence-corrected chi connectivity index (χ2v) is 16.7. The molecule has 2 atom stereocenters. The monoisotopic (exact) mass is 754 g/mol. The van der Waals surface area contributed by atoms with Crippen LogP contribution in [0, 0.1) is 0 Å². The second-order valence-electron chi connectivity index (χ2n) is 16.7. The summed E-state index contributed by atoms with van der Waals surface area (Å²) in [6.45, 7) is 4.70. The van der Waals surface area contributed by atoms with Crippen molar-refractivity contribution < 1.29 is 38.2 Å². The number of aliphatic carboxylic acids is 1. The summed E-state index contributed by atoms with van der Waals surface area (Å²) in [5, 5.41) is 11.6. The number of carboxylic acid groups (broad SMARTS) is 1. The van der Waals surface area contributed by atoms with E-state index in [0.717, 1.165) is 38.5 Å². The van der Waals surface area contributed by atoms with E-state index in [1.807, 2.05) is 0 Å². The van der Waals surface area contributed by atoms with Crippen LogP contribution in [-0.2, 0) is 28.6 Å². The summed E-state index contributed by atoms with van der Waals surface area (Å²) in [5.41, 5.74) is 0. The highest BCUT2D eigenvalue weighted by atomic mass is 16.6. The van der Waals surface area contributed by atoms with E-state index in [9.17, 15) is 19.5 Å². The fourth-order valence-electron chi connectivity index (χ4n) is 6.95. The van der Waals surface area contributed by atoms with E-state index < -0.39 is 18.1 Å². The normalized spacial score (nSPS) is 12.8. The molecule has 0 aromatic heterocycles. The van der Waals surface area contributed by atoms with Gasteiger partial charge in [0.25, 0.3) is 0 Å². The Hall–Kier alpha value is -1.67. The third-order valence-electron chi connectivity index (χ3n) is 10.5. The first kappa shape index (κ1) is 51.3. The van der Waals surface area contributed by atoms with Crippen molar-refractivity contribution in [3.8, 4) is 0 Å². The molecule has 0 fully saturated rings. The third kappa shape index (κ3) is 35.8. The molecule has 0 aliphatic heterocycles. The van der Waals surface area contributed by atoms with E-state index in [4.69, 9.17) is 14.2 Å². The van der Waals surface area contributed by atoms with Crippen LogP contribution < -0.4 is 5.11 Å². The zero-order chi connectivity index (χ0) is 39.3. The zero-order valence-electron chi connectivity index (χ0n) is 35.7. The Morgan fingerprint density at radius 3 is 1.17 bits per heavy atom. The maximum atomic E-state index is 12.7. The lowest BCUT2D eigenvalue weighted by molar-refractivity contribution is -0.889. The Balaban J connectivity index is 4.29. The van der Waals surface area contributed by atoms with Gasteiger partial charge in [0.15, 0.2) is 6.10 Å². The molecule has 0 aliphatic carbocycles. The summed E-state index contributed by atoms with van der Waals surface area (Å²) in [5.74, 6) is -1.71. The van der Waals surface area contributed by atoms with Gasteiger partial charge in [0.2, 0.25) is 0 Å². The molecule has 0 heterocycles. The molecule has 0 radical (unpaired) electrons. The lowest BCUT2D eigenvalue weighted by Gasteiger charge is -2.34. The van der Waals surface area contributed by atoms with Crippen molar-refractivity contribution in [1.29, 1.82) is 0 Å². The summed E-state index contributed by atoms with van der Waals surface area (Å²) < 4.78 is 17.2. The fraction of sp³-hybridized carbons (Fsp3) is 0.933. The van der Waals surface area contributed by atoms with Crippen LogP contribution in [0.5, 0.6) is 0 Å². The minimum absolute atomic E-state index is 0.0493. The van der Waals surface area contributed by atoms with Crippen molar-refractivity contribution in [3.63, 3.8) is 0 Å². The second kappa shape index (κ2) is 37.3. The smallest absolute Gasteiger partial charge is 0.306 e. The van der Waals surface area contributed by atoms with Crippen molar-refractivity contribution in [1.82, 2.24) is 0 Å². The predicted octanol–water partition coefficient (Wildman–Crippen LogP) is 10.8. The molecule has 0 aromatic rings. The van der Waals surface area contributed by atoms with Crippen LogP contribution in [0.15, 0.2) is 0 Å².